The van der Waals surface area contributed by atoms with Crippen molar-refractivity contribution in [2.45, 2.75) is 44.8 Å². The summed E-state index contributed by atoms with van der Waals surface area (Å²) >= 11 is 1.67. The molecule has 2 aromatic rings. The molecule has 5 nitrogen and oxygen atoms in total. The molecule has 0 aliphatic carbocycles. The number of hydrogen-bond acceptors (Lipinski definition) is 5. The lowest BCUT2D eigenvalue weighted by Crippen LogP contribution is -2.30. The van der Waals surface area contributed by atoms with Crippen LogP contribution in [0.5, 0.6) is 0 Å². The Morgan fingerprint density at radius 3 is 3.19 bits per heavy atom. The van der Waals surface area contributed by atoms with Gasteiger partial charge in [0.15, 0.2) is 10.8 Å². The number of ether oxygens (including phenoxy) is 1. The highest BCUT2D eigenvalue weighted by molar-refractivity contribution is 7.15. The topological polar surface area (TPSA) is 55.8 Å². The fourth-order valence-electron chi connectivity index (χ4n) is 2.89. The molecule has 0 spiro atoms. The predicted octanol–water partition coefficient (Wildman–Crippen LogP) is 2.29. The molecule has 2 aromatic heterocycles. The average molecular weight is 308 g/mol. The second-order valence-corrected chi connectivity index (χ2v) is 6.70. The monoisotopic (exact) mass is 308 g/mol. The maximum absolute atomic E-state index is 6.18. The van der Waals surface area contributed by atoms with E-state index in [4.69, 9.17) is 15.5 Å². The van der Waals surface area contributed by atoms with E-state index < -0.39 is 0 Å². The lowest BCUT2D eigenvalue weighted by atomic mass is 10.1. The molecule has 2 atom stereocenters. The highest BCUT2D eigenvalue weighted by atomic mass is 32.1. The first kappa shape index (κ1) is 14.8. The van der Waals surface area contributed by atoms with E-state index in [2.05, 4.69) is 34.8 Å². The zero-order valence-corrected chi connectivity index (χ0v) is 13.6. The summed E-state index contributed by atoms with van der Waals surface area (Å²) in [6.45, 7) is 3.93. The number of likely N-dealkylation sites (N-methyl/N-ethyl adjacent to an activating group) is 1. The number of imidazole rings is 1. The smallest absolute Gasteiger partial charge is 0.195 e. The SMILES string of the molecule is CCC(N)Cc1c(N(C)CC2CCCO2)nc2sccn12. The van der Waals surface area contributed by atoms with Gasteiger partial charge in [-0.25, -0.2) is 4.98 Å². The van der Waals surface area contributed by atoms with Crippen molar-refractivity contribution < 1.29 is 4.74 Å². The number of nitrogens with two attached hydrogens (primary N) is 1. The van der Waals surface area contributed by atoms with Crippen LogP contribution in [0.15, 0.2) is 11.6 Å². The summed E-state index contributed by atoms with van der Waals surface area (Å²) < 4.78 is 7.93. The van der Waals surface area contributed by atoms with Gasteiger partial charge in [-0.05, 0) is 19.3 Å². The number of rotatable bonds is 6. The quantitative estimate of drug-likeness (QED) is 0.889. The Labute approximate surface area is 129 Å². The fraction of sp³-hybridized carbons (Fsp3) is 0.667. The lowest BCUT2D eigenvalue weighted by Gasteiger charge is -2.22. The first-order valence-electron chi connectivity index (χ1n) is 7.71. The van der Waals surface area contributed by atoms with Crippen molar-refractivity contribution in [3.63, 3.8) is 0 Å². The maximum Gasteiger partial charge on any atom is 0.195 e. The van der Waals surface area contributed by atoms with E-state index in [-0.39, 0.29) is 6.04 Å². The number of fused-ring (bicyclic) bond motifs is 1. The third kappa shape index (κ3) is 3.07. The van der Waals surface area contributed by atoms with Crippen molar-refractivity contribution in [1.82, 2.24) is 9.38 Å². The van der Waals surface area contributed by atoms with Crippen LogP contribution in [-0.4, -0.2) is 41.7 Å². The molecule has 0 saturated carbocycles. The Kier molecular flexibility index (Phi) is 4.47. The van der Waals surface area contributed by atoms with Crippen LogP contribution in [0.25, 0.3) is 4.96 Å². The van der Waals surface area contributed by atoms with Crippen LogP contribution < -0.4 is 10.6 Å². The molecule has 2 unspecified atom stereocenters. The minimum atomic E-state index is 0.180. The average Bonchev–Trinajstić information content (AvgIpc) is 3.16. The Morgan fingerprint density at radius 1 is 1.62 bits per heavy atom. The molecule has 0 radical (unpaired) electrons. The molecule has 3 rings (SSSR count). The summed E-state index contributed by atoms with van der Waals surface area (Å²) in [5.41, 5.74) is 7.40. The van der Waals surface area contributed by atoms with E-state index in [9.17, 15) is 0 Å². The summed E-state index contributed by atoms with van der Waals surface area (Å²) in [6.07, 6.45) is 6.59. The molecule has 6 heteroatoms. The molecule has 0 bridgehead atoms. The maximum atomic E-state index is 6.18. The minimum Gasteiger partial charge on any atom is -0.376 e. The molecule has 0 amide bonds. The van der Waals surface area contributed by atoms with Gasteiger partial charge in [0.05, 0.1) is 11.8 Å². The number of anilines is 1. The molecule has 21 heavy (non-hydrogen) atoms. The van der Waals surface area contributed by atoms with Gasteiger partial charge in [-0.1, -0.05) is 6.92 Å². The molecule has 1 saturated heterocycles. The molecular formula is C15H24N4OS. The number of thiazole rings is 1. The summed E-state index contributed by atoms with van der Waals surface area (Å²) in [5, 5.41) is 2.08. The van der Waals surface area contributed by atoms with Crippen molar-refractivity contribution in [2.75, 3.05) is 25.1 Å². The van der Waals surface area contributed by atoms with Gasteiger partial charge >= 0.3 is 0 Å². The molecule has 116 valence electrons. The molecular weight excluding hydrogens is 284 g/mol. The molecule has 1 aliphatic rings. The highest BCUT2D eigenvalue weighted by Crippen LogP contribution is 2.26. The van der Waals surface area contributed by atoms with Gasteiger partial charge in [0.2, 0.25) is 0 Å². The summed E-state index contributed by atoms with van der Waals surface area (Å²) in [5.74, 6) is 1.06. The molecule has 0 aromatic carbocycles. The van der Waals surface area contributed by atoms with Crippen LogP contribution in [0.3, 0.4) is 0 Å². The zero-order valence-electron chi connectivity index (χ0n) is 12.8. The van der Waals surface area contributed by atoms with E-state index in [1.54, 1.807) is 11.3 Å². The molecule has 2 N–H and O–H groups in total. The van der Waals surface area contributed by atoms with Crippen molar-refractivity contribution >= 4 is 22.1 Å². The van der Waals surface area contributed by atoms with Crippen molar-refractivity contribution in [2.24, 2.45) is 5.73 Å². The number of nitrogens with zero attached hydrogens (tertiary/aromatic N) is 3. The largest absolute Gasteiger partial charge is 0.376 e. The second-order valence-electron chi connectivity index (χ2n) is 5.83. The second kappa shape index (κ2) is 6.34. The van der Waals surface area contributed by atoms with E-state index in [0.29, 0.717) is 6.10 Å². The van der Waals surface area contributed by atoms with Gasteiger partial charge in [0.25, 0.3) is 0 Å². The third-order valence-corrected chi connectivity index (χ3v) is 4.94. The number of hydrogen-bond donors (Lipinski definition) is 1. The van der Waals surface area contributed by atoms with Gasteiger partial charge in [-0.3, -0.25) is 4.40 Å². The molecule has 3 heterocycles. The van der Waals surface area contributed by atoms with Crippen LogP contribution in [0, 0.1) is 0 Å². The van der Waals surface area contributed by atoms with Gasteiger partial charge in [-0.2, -0.15) is 0 Å². The summed E-state index contributed by atoms with van der Waals surface area (Å²) in [7, 11) is 2.11. The summed E-state index contributed by atoms with van der Waals surface area (Å²) in [6, 6.07) is 0.180. The third-order valence-electron chi connectivity index (χ3n) is 4.18. The van der Waals surface area contributed by atoms with Gasteiger partial charge in [-0.15, -0.1) is 11.3 Å². The van der Waals surface area contributed by atoms with E-state index in [1.807, 2.05) is 0 Å². The predicted molar refractivity (Wildman–Crippen MR) is 87.3 cm³/mol. The number of aromatic nitrogens is 2. The van der Waals surface area contributed by atoms with E-state index in [1.165, 1.54) is 12.1 Å². The van der Waals surface area contributed by atoms with Crippen LogP contribution >= 0.6 is 11.3 Å². The molecule has 1 aliphatic heterocycles. The summed E-state index contributed by atoms with van der Waals surface area (Å²) in [4.78, 5) is 8.07. The van der Waals surface area contributed by atoms with Crippen LogP contribution in [0.1, 0.15) is 31.9 Å². The van der Waals surface area contributed by atoms with E-state index in [0.717, 1.165) is 43.2 Å². The van der Waals surface area contributed by atoms with Crippen LogP contribution in [-0.2, 0) is 11.2 Å². The van der Waals surface area contributed by atoms with Crippen molar-refractivity contribution in [3.05, 3.63) is 17.3 Å². The normalized spacial score (nSPS) is 20.2. The standard InChI is InChI=1S/C15H24N4OS/c1-3-11(16)9-13-14(17-15-19(13)6-8-21-15)18(2)10-12-5-4-7-20-12/h6,8,11-12H,3-5,7,9-10,16H2,1-2H3. The Morgan fingerprint density at radius 2 is 2.48 bits per heavy atom. The van der Waals surface area contributed by atoms with Crippen molar-refractivity contribution in [1.29, 1.82) is 0 Å². The highest BCUT2D eigenvalue weighted by Gasteiger charge is 2.22. The van der Waals surface area contributed by atoms with Gasteiger partial charge in [0, 0.05) is 44.2 Å². The Balaban J connectivity index is 1.85. The van der Waals surface area contributed by atoms with Gasteiger partial charge < -0.3 is 15.4 Å². The Bertz CT molecular complexity index is 588. The first-order valence-corrected chi connectivity index (χ1v) is 8.59. The van der Waals surface area contributed by atoms with Crippen LogP contribution in [0.4, 0.5) is 5.82 Å². The lowest BCUT2D eigenvalue weighted by molar-refractivity contribution is 0.116. The van der Waals surface area contributed by atoms with E-state index >= 15 is 0 Å². The minimum absolute atomic E-state index is 0.180. The molecule has 1 fully saturated rings. The first-order chi connectivity index (χ1) is 10.2. The van der Waals surface area contributed by atoms with Crippen LogP contribution in [0.2, 0.25) is 0 Å². The van der Waals surface area contributed by atoms with Gasteiger partial charge in [0.1, 0.15) is 0 Å². The zero-order chi connectivity index (χ0) is 14.8. The van der Waals surface area contributed by atoms with Crippen molar-refractivity contribution in [3.8, 4) is 0 Å². The fourth-order valence-corrected chi connectivity index (χ4v) is 3.62. The Hall–Kier alpha value is -1.11.